The van der Waals surface area contributed by atoms with E-state index in [-0.39, 0.29) is 12.0 Å². The molecule has 0 fully saturated rings. The zero-order valence-corrected chi connectivity index (χ0v) is 10.9. The summed E-state index contributed by atoms with van der Waals surface area (Å²) >= 11 is 0. The molecule has 2 atom stereocenters. The van der Waals surface area contributed by atoms with Crippen molar-refractivity contribution in [1.29, 1.82) is 5.26 Å². The zero-order chi connectivity index (χ0) is 12.4. The van der Waals surface area contributed by atoms with Crippen LogP contribution >= 0.6 is 0 Å². The molecule has 2 heteroatoms. The van der Waals surface area contributed by atoms with Crippen LogP contribution in [-0.2, 0) is 12.8 Å². The van der Waals surface area contributed by atoms with Crippen LogP contribution in [0.2, 0.25) is 0 Å². The third-order valence-corrected chi connectivity index (χ3v) is 3.81. The zero-order valence-electron chi connectivity index (χ0n) is 10.9. The van der Waals surface area contributed by atoms with Gasteiger partial charge in [-0.05, 0) is 50.0 Å². The van der Waals surface area contributed by atoms with E-state index in [9.17, 15) is 5.26 Å². The predicted molar refractivity (Wildman–Crippen MR) is 70.0 cm³/mol. The van der Waals surface area contributed by atoms with E-state index in [0.717, 1.165) is 0 Å². The van der Waals surface area contributed by atoms with E-state index in [1.54, 1.807) is 0 Å². The van der Waals surface area contributed by atoms with Crippen molar-refractivity contribution in [3.63, 3.8) is 0 Å². The second kappa shape index (κ2) is 4.89. The first-order valence-corrected chi connectivity index (χ1v) is 6.31. The Labute approximate surface area is 104 Å². The monoisotopic (exact) mass is 228 g/mol. The molecular weight excluding hydrogens is 208 g/mol. The number of fused-ring (bicyclic) bond motifs is 1. The molecule has 1 aliphatic carbocycles. The van der Waals surface area contributed by atoms with E-state index >= 15 is 0 Å². The summed E-state index contributed by atoms with van der Waals surface area (Å²) in [6, 6.07) is 9.10. The molecule has 0 bridgehead atoms. The van der Waals surface area contributed by atoms with Gasteiger partial charge in [-0.2, -0.15) is 5.26 Å². The Hall–Kier alpha value is -1.33. The van der Waals surface area contributed by atoms with E-state index in [0.29, 0.717) is 0 Å². The standard InChI is InChI=1S/C15H20N2/c1-11(15(10-16)17(2)3)13-8-7-12-5-4-6-14(12)9-13/h7-9,11,15H,4-6H2,1-3H3. The molecule has 0 saturated heterocycles. The molecule has 0 aliphatic heterocycles. The molecule has 1 aromatic carbocycles. The number of nitrogens with zero attached hydrogens (tertiary/aromatic N) is 2. The number of likely N-dealkylation sites (N-methyl/N-ethyl adjacent to an activating group) is 1. The van der Waals surface area contributed by atoms with Gasteiger partial charge >= 0.3 is 0 Å². The molecule has 0 spiro atoms. The van der Waals surface area contributed by atoms with Crippen LogP contribution in [0.3, 0.4) is 0 Å². The Morgan fingerprint density at radius 3 is 2.59 bits per heavy atom. The molecule has 0 radical (unpaired) electrons. The number of hydrogen-bond acceptors (Lipinski definition) is 2. The third kappa shape index (κ3) is 2.35. The first-order valence-electron chi connectivity index (χ1n) is 6.31. The van der Waals surface area contributed by atoms with Crippen molar-refractivity contribution in [3.8, 4) is 6.07 Å². The van der Waals surface area contributed by atoms with Gasteiger partial charge < -0.3 is 0 Å². The minimum Gasteiger partial charge on any atom is -0.294 e. The molecule has 0 aromatic heterocycles. The van der Waals surface area contributed by atoms with E-state index < -0.39 is 0 Å². The summed E-state index contributed by atoms with van der Waals surface area (Å²) in [4.78, 5) is 2.00. The lowest BCUT2D eigenvalue weighted by molar-refractivity contribution is 0.316. The van der Waals surface area contributed by atoms with Crippen LogP contribution in [0.15, 0.2) is 18.2 Å². The number of nitriles is 1. The molecule has 0 saturated carbocycles. The highest BCUT2D eigenvalue weighted by Gasteiger charge is 2.22. The second-order valence-electron chi connectivity index (χ2n) is 5.21. The lowest BCUT2D eigenvalue weighted by Crippen LogP contribution is -2.31. The number of benzene rings is 1. The summed E-state index contributed by atoms with van der Waals surface area (Å²) in [5, 5.41) is 9.23. The lowest BCUT2D eigenvalue weighted by atomic mass is 9.91. The Kier molecular flexibility index (Phi) is 3.49. The van der Waals surface area contributed by atoms with Crippen LogP contribution in [0.25, 0.3) is 0 Å². The summed E-state index contributed by atoms with van der Waals surface area (Å²) < 4.78 is 0. The summed E-state index contributed by atoms with van der Waals surface area (Å²) in [6.07, 6.45) is 3.71. The average molecular weight is 228 g/mol. The van der Waals surface area contributed by atoms with Gasteiger partial charge in [-0.1, -0.05) is 25.1 Å². The Bertz CT molecular complexity index is 443. The van der Waals surface area contributed by atoms with Crippen molar-refractivity contribution in [2.24, 2.45) is 0 Å². The Morgan fingerprint density at radius 2 is 1.94 bits per heavy atom. The minimum atomic E-state index is -0.0468. The highest BCUT2D eigenvalue weighted by molar-refractivity contribution is 5.37. The second-order valence-corrected chi connectivity index (χ2v) is 5.21. The molecule has 0 N–H and O–H groups in total. The first kappa shape index (κ1) is 12.1. The van der Waals surface area contributed by atoms with Gasteiger partial charge in [0.2, 0.25) is 0 Å². The van der Waals surface area contributed by atoms with Gasteiger partial charge in [0.05, 0.1) is 6.07 Å². The maximum Gasteiger partial charge on any atom is 0.104 e. The van der Waals surface area contributed by atoms with Crippen molar-refractivity contribution in [1.82, 2.24) is 4.90 Å². The fourth-order valence-corrected chi connectivity index (χ4v) is 2.73. The number of hydrogen-bond donors (Lipinski definition) is 0. The normalized spacial score (nSPS) is 17.6. The maximum absolute atomic E-state index is 9.23. The highest BCUT2D eigenvalue weighted by Crippen LogP contribution is 2.28. The van der Waals surface area contributed by atoms with E-state index in [2.05, 4.69) is 31.2 Å². The number of rotatable bonds is 3. The third-order valence-electron chi connectivity index (χ3n) is 3.81. The minimum absolute atomic E-state index is 0.0468. The Morgan fingerprint density at radius 1 is 1.24 bits per heavy atom. The van der Waals surface area contributed by atoms with Crippen molar-refractivity contribution in [2.45, 2.75) is 38.1 Å². The lowest BCUT2D eigenvalue weighted by Gasteiger charge is -2.24. The molecule has 17 heavy (non-hydrogen) atoms. The van der Waals surface area contributed by atoms with Crippen molar-refractivity contribution >= 4 is 0 Å². The van der Waals surface area contributed by atoms with Crippen LogP contribution in [0.4, 0.5) is 0 Å². The molecule has 0 amide bonds. The predicted octanol–water partition coefficient (Wildman–Crippen LogP) is 2.73. The van der Waals surface area contributed by atoms with Gasteiger partial charge in [0.25, 0.3) is 0 Å². The summed E-state index contributed by atoms with van der Waals surface area (Å²) in [7, 11) is 3.94. The van der Waals surface area contributed by atoms with Crippen molar-refractivity contribution < 1.29 is 0 Å². The largest absolute Gasteiger partial charge is 0.294 e. The van der Waals surface area contributed by atoms with Crippen molar-refractivity contribution in [2.75, 3.05) is 14.1 Å². The first-order chi connectivity index (χ1) is 8.13. The van der Waals surface area contributed by atoms with Crippen LogP contribution in [0, 0.1) is 11.3 Å². The molecule has 2 rings (SSSR count). The van der Waals surface area contributed by atoms with Gasteiger partial charge in [-0.15, -0.1) is 0 Å². The van der Waals surface area contributed by atoms with E-state index in [1.165, 1.54) is 36.0 Å². The summed E-state index contributed by atoms with van der Waals surface area (Å²) in [5.41, 5.74) is 4.29. The molecule has 90 valence electrons. The highest BCUT2D eigenvalue weighted by atomic mass is 15.1. The molecule has 1 aliphatic rings. The quantitative estimate of drug-likeness (QED) is 0.795. The maximum atomic E-state index is 9.23. The van der Waals surface area contributed by atoms with E-state index in [1.807, 2.05) is 19.0 Å². The smallest absolute Gasteiger partial charge is 0.104 e. The molecule has 1 aromatic rings. The SMILES string of the molecule is CC(c1ccc2c(c1)CCC2)C(C#N)N(C)C. The van der Waals surface area contributed by atoms with E-state index in [4.69, 9.17) is 0 Å². The van der Waals surface area contributed by atoms with Gasteiger partial charge in [-0.25, -0.2) is 0 Å². The number of aryl methyl sites for hydroxylation is 2. The Balaban J connectivity index is 2.25. The molecule has 0 heterocycles. The van der Waals surface area contributed by atoms with Gasteiger partial charge in [0.1, 0.15) is 6.04 Å². The average Bonchev–Trinajstić information content (AvgIpc) is 2.75. The van der Waals surface area contributed by atoms with Crippen LogP contribution < -0.4 is 0 Å². The van der Waals surface area contributed by atoms with Gasteiger partial charge in [0.15, 0.2) is 0 Å². The fourth-order valence-electron chi connectivity index (χ4n) is 2.73. The van der Waals surface area contributed by atoms with Crippen molar-refractivity contribution in [3.05, 3.63) is 34.9 Å². The summed E-state index contributed by atoms with van der Waals surface area (Å²) in [6.45, 7) is 2.14. The van der Waals surface area contributed by atoms with Crippen LogP contribution in [0.1, 0.15) is 36.0 Å². The summed E-state index contributed by atoms with van der Waals surface area (Å²) in [5.74, 6) is 0.265. The fraction of sp³-hybridized carbons (Fsp3) is 0.533. The molecule has 2 nitrogen and oxygen atoms in total. The van der Waals surface area contributed by atoms with Crippen LogP contribution in [0.5, 0.6) is 0 Å². The van der Waals surface area contributed by atoms with Crippen LogP contribution in [-0.4, -0.2) is 25.0 Å². The molecule has 2 unspecified atom stereocenters. The molecular formula is C15H20N2. The topological polar surface area (TPSA) is 27.0 Å². The van der Waals surface area contributed by atoms with Gasteiger partial charge in [0, 0.05) is 5.92 Å². The van der Waals surface area contributed by atoms with Gasteiger partial charge in [-0.3, -0.25) is 4.90 Å².